The molecule has 1 aromatic heterocycles. The van der Waals surface area contributed by atoms with Crippen molar-refractivity contribution in [2.24, 2.45) is 4.99 Å². The lowest BCUT2D eigenvalue weighted by Crippen LogP contribution is -2.36. The van der Waals surface area contributed by atoms with Crippen LogP contribution in [0.25, 0.3) is 0 Å². The highest BCUT2D eigenvalue weighted by atomic mass is 35.5. The van der Waals surface area contributed by atoms with Gasteiger partial charge in [0.2, 0.25) is 0 Å². The fourth-order valence-electron chi connectivity index (χ4n) is 2.42. The number of aromatic nitrogens is 1. The first kappa shape index (κ1) is 20.9. The Kier molecular flexibility index (Phi) is 7.79. The monoisotopic (exact) mass is 394 g/mol. The van der Waals surface area contributed by atoms with E-state index in [-0.39, 0.29) is 0 Å². The van der Waals surface area contributed by atoms with Crippen molar-refractivity contribution in [3.05, 3.63) is 40.2 Å². The SMILES string of the molecule is CCOc1c(Cl)cc(CNC(=NC)NCc2cc(C(C)C)no2)cc1OC. The lowest BCUT2D eigenvalue weighted by atomic mass is 10.1. The molecule has 0 aliphatic rings. The van der Waals surface area contributed by atoms with E-state index in [0.717, 1.165) is 17.0 Å². The Morgan fingerprint density at radius 2 is 2.00 bits per heavy atom. The van der Waals surface area contributed by atoms with E-state index in [2.05, 4.69) is 34.6 Å². The Morgan fingerprint density at radius 3 is 2.59 bits per heavy atom. The lowest BCUT2D eigenvalue weighted by molar-refractivity contribution is 0.311. The molecule has 8 heteroatoms. The van der Waals surface area contributed by atoms with Crippen molar-refractivity contribution in [2.75, 3.05) is 20.8 Å². The molecule has 2 N–H and O–H groups in total. The van der Waals surface area contributed by atoms with Gasteiger partial charge in [-0.2, -0.15) is 0 Å². The van der Waals surface area contributed by atoms with Crippen LogP contribution in [0.15, 0.2) is 27.7 Å². The van der Waals surface area contributed by atoms with Crippen LogP contribution in [0.3, 0.4) is 0 Å². The van der Waals surface area contributed by atoms with Gasteiger partial charge < -0.3 is 24.6 Å². The van der Waals surface area contributed by atoms with Gasteiger partial charge in [-0.25, -0.2) is 0 Å². The molecule has 2 rings (SSSR count). The predicted octanol–water partition coefficient (Wildman–Crippen LogP) is 3.72. The topological polar surface area (TPSA) is 80.9 Å². The highest BCUT2D eigenvalue weighted by Gasteiger charge is 2.12. The molecule has 7 nitrogen and oxygen atoms in total. The maximum absolute atomic E-state index is 6.31. The number of halogens is 1. The smallest absolute Gasteiger partial charge is 0.191 e. The number of rotatable bonds is 8. The fourth-order valence-corrected chi connectivity index (χ4v) is 2.71. The third-order valence-corrected chi connectivity index (χ3v) is 4.14. The number of nitrogens with zero attached hydrogens (tertiary/aromatic N) is 2. The standard InChI is InChI=1S/C19H27ClN4O3/c1-6-26-18-15(20)7-13(8-17(18)25-5)10-22-19(21-4)23-11-14-9-16(12(2)3)24-27-14/h7-9,12H,6,10-11H2,1-5H3,(H2,21,22,23). The molecule has 0 spiro atoms. The Morgan fingerprint density at radius 1 is 1.26 bits per heavy atom. The Balaban J connectivity index is 1.96. The molecule has 0 amide bonds. The molecular weight excluding hydrogens is 368 g/mol. The highest BCUT2D eigenvalue weighted by Crippen LogP contribution is 2.36. The van der Waals surface area contributed by atoms with Crippen LogP contribution < -0.4 is 20.1 Å². The van der Waals surface area contributed by atoms with E-state index in [0.29, 0.717) is 48.1 Å². The number of hydrogen-bond donors (Lipinski definition) is 2. The molecule has 0 radical (unpaired) electrons. The van der Waals surface area contributed by atoms with Gasteiger partial charge >= 0.3 is 0 Å². The van der Waals surface area contributed by atoms with Gasteiger partial charge in [0.05, 0.1) is 31.0 Å². The van der Waals surface area contributed by atoms with Crippen LogP contribution in [-0.4, -0.2) is 31.9 Å². The molecule has 0 saturated carbocycles. The van der Waals surface area contributed by atoms with Gasteiger partial charge in [0.15, 0.2) is 23.2 Å². The van der Waals surface area contributed by atoms with Crippen molar-refractivity contribution >= 4 is 17.6 Å². The van der Waals surface area contributed by atoms with Crippen molar-refractivity contribution in [3.63, 3.8) is 0 Å². The number of aliphatic imine (C=N–C) groups is 1. The molecule has 0 atom stereocenters. The van der Waals surface area contributed by atoms with Crippen LogP contribution in [0, 0.1) is 0 Å². The van der Waals surface area contributed by atoms with E-state index < -0.39 is 0 Å². The normalized spacial score (nSPS) is 11.6. The Bertz CT molecular complexity index is 774. The van der Waals surface area contributed by atoms with Gasteiger partial charge in [-0.15, -0.1) is 0 Å². The zero-order valence-electron chi connectivity index (χ0n) is 16.4. The Hall–Kier alpha value is -2.41. The van der Waals surface area contributed by atoms with E-state index >= 15 is 0 Å². The largest absolute Gasteiger partial charge is 0.493 e. The number of methoxy groups -OCH3 is 1. The molecular formula is C19H27ClN4O3. The van der Waals surface area contributed by atoms with Crippen molar-refractivity contribution < 1.29 is 14.0 Å². The van der Waals surface area contributed by atoms with Crippen LogP contribution in [-0.2, 0) is 13.1 Å². The first-order chi connectivity index (χ1) is 13.0. The summed E-state index contributed by atoms with van der Waals surface area (Å²) in [7, 11) is 3.30. The summed E-state index contributed by atoms with van der Waals surface area (Å²) in [5, 5.41) is 11.0. The van der Waals surface area contributed by atoms with Crippen molar-refractivity contribution in [2.45, 2.75) is 39.8 Å². The second-order valence-corrected chi connectivity index (χ2v) is 6.60. The molecule has 1 aromatic carbocycles. The van der Waals surface area contributed by atoms with Crippen molar-refractivity contribution in [1.82, 2.24) is 15.8 Å². The van der Waals surface area contributed by atoms with Gasteiger partial charge in [-0.1, -0.05) is 30.6 Å². The maximum Gasteiger partial charge on any atom is 0.191 e. The maximum atomic E-state index is 6.31. The number of hydrogen-bond acceptors (Lipinski definition) is 5. The minimum Gasteiger partial charge on any atom is -0.493 e. The number of benzene rings is 1. The minimum absolute atomic E-state index is 0.333. The van der Waals surface area contributed by atoms with Gasteiger partial charge in [0.1, 0.15) is 0 Å². The zero-order valence-corrected chi connectivity index (χ0v) is 17.2. The van der Waals surface area contributed by atoms with E-state index in [9.17, 15) is 0 Å². The summed E-state index contributed by atoms with van der Waals surface area (Å²) in [5.41, 5.74) is 1.89. The van der Waals surface area contributed by atoms with E-state index in [1.54, 1.807) is 14.2 Å². The van der Waals surface area contributed by atoms with Crippen molar-refractivity contribution in [3.8, 4) is 11.5 Å². The summed E-state index contributed by atoms with van der Waals surface area (Å²) in [5.74, 6) is 2.89. The number of nitrogens with one attached hydrogen (secondary N) is 2. The predicted molar refractivity (Wildman–Crippen MR) is 107 cm³/mol. The first-order valence-corrected chi connectivity index (χ1v) is 9.25. The molecule has 148 valence electrons. The van der Waals surface area contributed by atoms with E-state index in [1.165, 1.54) is 0 Å². The van der Waals surface area contributed by atoms with Crippen LogP contribution in [0.2, 0.25) is 5.02 Å². The van der Waals surface area contributed by atoms with Gasteiger partial charge in [-0.05, 0) is 30.5 Å². The summed E-state index contributed by atoms with van der Waals surface area (Å²) in [4.78, 5) is 4.22. The summed E-state index contributed by atoms with van der Waals surface area (Å²) in [6, 6.07) is 5.69. The number of guanidine groups is 1. The lowest BCUT2D eigenvalue weighted by Gasteiger charge is -2.15. The molecule has 0 bridgehead atoms. The molecule has 2 aromatic rings. The molecule has 0 aliphatic heterocycles. The van der Waals surface area contributed by atoms with Gasteiger partial charge in [-0.3, -0.25) is 4.99 Å². The average Bonchev–Trinajstić information content (AvgIpc) is 3.13. The van der Waals surface area contributed by atoms with Gasteiger partial charge in [0, 0.05) is 19.7 Å². The molecule has 0 unspecified atom stereocenters. The Labute approximate surface area is 165 Å². The van der Waals surface area contributed by atoms with Gasteiger partial charge in [0.25, 0.3) is 0 Å². The minimum atomic E-state index is 0.333. The fraction of sp³-hybridized carbons (Fsp3) is 0.474. The third-order valence-electron chi connectivity index (χ3n) is 3.86. The van der Waals surface area contributed by atoms with Crippen LogP contribution in [0.5, 0.6) is 11.5 Å². The molecule has 0 fully saturated rings. The van der Waals surface area contributed by atoms with Crippen LogP contribution >= 0.6 is 11.6 Å². The van der Waals surface area contributed by atoms with Crippen LogP contribution in [0.1, 0.15) is 43.7 Å². The molecule has 1 heterocycles. The number of ether oxygens (including phenoxy) is 2. The van der Waals surface area contributed by atoms with Crippen LogP contribution in [0.4, 0.5) is 0 Å². The molecule has 0 saturated heterocycles. The van der Waals surface area contributed by atoms with Crippen molar-refractivity contribution in [1.29, 1.82) is 0 Å². The van der Waals surface area contributed by atoms with E-state index in [4.69, 9.17) is 25.6 Å². The summed E-state index contributed by atoms with van der Waals surface area (Å²) >= 11 is 6.31. The summed E-state index contributed by atoms with van der Waals surface area (Å²) < 4.78 is 16.2. The van der Waals surface area contributed by atoms with E-state index in [1.807, 2.05) is 25.1 Å². The highest BCUT2D eigenvalue weighted by molar-refractivity contribution is 6.32. The third kappa shape index (κ3) is 5.79. The second-order valence-electron chi connectivity index (χ2n) is 6.19. The second kappa shape index (κ2) is 10.1. The summed E-state index contributed by atoms with van der Waals surface area (Å²) in [6.45, 7) is 7.59. The average molecular weight is 395 g/mol. The quantitative estimate of drug-likeness (QED) is 0.524. The first-order valence-electron chi connectivity index (χ1n) is 8.87. The summed E-state index contributed by atoms with van der Waals surface area (Å²) in [6.07, 6.45) is 0. The molecule has 27 heavy (non-hydrogen) atoms. The zero-order chi connectivity index (χ0) is 19.8. The molecule has 0 aliphatic carbocycles.